The molecule has 66 valence electrons. The summed E-state index contributed by atoms with van der Waals surface area (Å²) in [5.74, 6) is 1.25. The molecule has 0 atom stereocenters. The van der Waals surface area contributed by atoms with Gasteiger partial charge in [0.25, 0.3) is 0 Å². The second-order valence-corrected chi connectivity index (χ2v) is 3.60. The third-order valence-electron chi connectivity index (χ3n) is 2.57. The van der Waals surface area contributed by atoms with E-state index in [1.54, 1.807) is 0 Å². The van der Waals surface area contributed by atoms with Crippen LogP contribution in [0.2, 0.25) is 0 Å². The molecule has 1 fully saturated rings. The summed E-state index contributed by atoms with van der Waals surface area (Å²) < 4.78 is 5.03. The number of hydrogen-bond donors (Lipinski definition) is 1. The Labute approximate surface area is 75.5 Å². The van der Waals surface area contributed by atoms with Crippen LogP contribution < -0.4 is 5.73 Å². The van der Waals surface area contributed by atoms with E-state index in [9.17, 15) is 0 Å². The predicted molar refractivity (Wildman–Crippen MR) is 50.4 cm³/mol. The van der Waals surface area contributed by atoms with E-state index in [0.29, 0.717) is 5.82 Å². The second kappa shape index (κ2) is 2.25. The van der Waals surface area contributed by atoms with E-state index in [-0.39, 0.29) is 0 Å². The first-order chi connectivity index (χ1) is 6.34. The fourth-order valence-electron chi connectivity index (χ4n) is 1.65. The fraction of sp³-hybridized carbons (Fsp3) is 0.300. The van der Waals surface area contributed by atoms with Crippen LogP contribution in [-0.4, -0.2) is 5.16 Å². The minimum atomic E-state index is 0.498. The van der Waals surface area contributed by atoms with Gasteiger partial charge in [-0.2, -0.15) is 0 Å². The molecule has 1 aliphatic rings. The lowest BCUT2D eigenvalue weighted by Gasteiger charge is -1.95. The quantitative estimate of drug-likeness (QED) is 0.721. The maximum atomic E-state index is 5.66. The fourth-order valence-corrected chi connectivity index (χ4v) is 1.65. The van der Waals surface area contributed by atoms with Crippen molar-refractivity contribution in [3.63, 3.8) is 0 Å². The minimum absolute atomic E-state index is 0.498. The summed E-state index contributed by atoms with van der Waals surface area (Å²) in [5, 5.41) is 4.67. The van der Waals surface area contributed by atoms with E-state index in [0.717, 1.165) is 16.9 Å². The zero-order valence-corrected chi connectivity index (χ0v) is 7.16. The van der Waals surface area contributed by atoms with Gasteiger partial charge in [-0.25, -0.2) is 0 Å². The number of nitrogens with two attached hydrogens (primary N) is 1. The van der Waals surface area contributed by atoms with Crippen molar-refractivity contribution in [1.82, 2.24) is 5.16 Å². The third kappa shape index (κ3) is 1.00. The van der Waals surface area contributed by atoms with Crippen LogP contribution in [0.4, 0.5) is 5.82 Å². The number of aromatic nitrogens is 1. The van der Waals surface area contributed by atoms with Gasteiger partial charge in [0.2, 0.25) is 0 Å². The summed E-state index contributed by atoms with van der Waals surface area (Å²) in [6, 6.07) is 6.15. The van der Waals surface area contributed by atoms with Crippen molar-refractivity contribution in [2.24, 2.45) is 0 Å². The smallest absolute Gasteiger partial charge is 0.174 e. The third-order valence-corrected chi connectivity index (χ3v) is 2.57. The molecule has 0 radical (unpaired) electrons. The summed E-state index contributed by atoms with van der Waals surface area (Å²) in [7, 11) is 0. The molecule has 0 amide bonds. The van der Waals surface area contributed by atoms with Crippen LogP contribution in [0.1, 0.15) is 24.3 Å². The molecule has 0 spiro atoms. The van der Waals surface area contributed by atoms with Crippen molar-refractivity contribution < 1.29 is 4.52 Å². The topological polar surface area (TPSA) is 52.0 Å². The van der Waals surface area contributed by atoms with E-state index in [1.807, 2.05) is 6.07 Å². The molecule has 2 aromatic rings. The zero-order valence-electron chi connectivity index (χ0n) is 7.16. The molecule has 0 saturated heterocycles. The first kappa shape index (κ1) is 6.95. The second-order valence-electron chi connectivity index (χ2n) is 3.60. The lowest BCUT2D eigenvalue weighted by atomic mass is 10.1. The summed E-state index contributed by atoms with van der Waals surface area (Å²) in [6.45, 7) is 0. The van der Waals surface area contributed by atoms with Gasteiger partial charge in [0.1, 0.15) is 0 Å². The van der Waals surface area contributed by atoms with Gasteiger partial charge in [-0.15, -0.1) is 0 Å². The molecule has 1 saturated carbocycles. The van der Waals surface area contributed by atoms with Gasteiger partial charge < -0.3 is 10.3 Å². The zero-order chi connectivity index (χ0) is 8.84. The van der Waals surface area contributed by atoms with Gasteiger partial charge in [-0.1, -0.05) is 11.2 Å². The maximum Gasteiger partial charge on any atom is 0.174 e. The van der Waals surface area contributed by atoms with Crippen LogP contribution in [0.25, 0.3) is 11.0 Å². The molecule has 1 aromatic heterocycles. The normalized spacial score (nSPS) is 16.6. The Morgan fingerprint density at radius 2 is 2.23 bits per heavy atom. The van der Waals surface area contributed by atoms with Crippen molar-refractivity contribution in [1.29, 1.82) is 0 Å². The molecule has 2 N–H and O–H groups in total. The molecular formula is C10H10N2O. The monoisotopic (exact) mass is 174 g/mol. The molecule has 1 aliphatic carbocycles. The molecule has 1 aromatic carbocycles. The van der Waals surface area contributed by atoms with Crippen LogP contribution in [0.15, 0.2) is 22.7 Å². The summed E-state index contributed by atoms with van der Waals surface area (Å²) >= 11 is 0. The largest absolute Gasteiger partial charge is 0.380 e. The summed E-state index contributed by atoms with van der Waals surface area (Å²) in [5.41, 5.74) is 7.80. The Balaban J connectivity index is 2.24. The highest BCUT2D eigenvalue weighted by atomic mass is 16.5. The van der Waals surface area contributed by atoms with Gasteiger partial charge >= 0.3 is 0 Å². The highest BCUT2D eigenvalue weighted by Gasteiger charge is 2.24. The van der Waals surface area contributed by atoms with Gasteiger partial charge in [0.05, 0.1) is 5.39 Å². The number of nitrogen functional groups attached to an aromatic ring is 1. The predicted octanol–water partition coefficient (Wildman–Crippen LogP) is 2.29. The summed E-state index contributed by atoms with van der Waals surface area (Å²) in [6.07, 6.45) is 2.60. The molecule has 3 nitrogen and oxygen atoms in total. The lowest BCUT2D eigenvalue weighted by Crippen LogP contribution is -1.84. The number of rotatable bonds is 1. The van der Waals surface area contributed by atoms with Gasteiger partial charge in [-0.05, 0) is 36.5 Å². The van der Waals surface area contributed by atoms with Crippen LogP contribution in [0.3, 0.4) is 0 Å². The Morgan fingerprint density at radius 3 is 3.00 bits per heavy atom. The maximum absolute atomic E-state index is 5.66. The number of nitrogens with zero attached hydrogens (tertiary/aromatic N) is 1. The molecule has 0 bridgehead atoms. The van der Waals surface area contributed by atoms with E-state index in [1.165, 1.54) is 18.4 Å². The van der Waals surface area contributed by atoms with Gasteiger partial charge in [0.15, 0.2) is 11.4 Å². The highest BCUT2D eigenvalue weighted by molar-refractivity contribution is 5.87. The van der Waals surface area contributed by atoms with E-state index >= 15 is 0 Å². The first-order valence-corrected chi connectivity index (χ1v) is 4.49. The minimum Gasteiger partial charge on any atom is -0.380 e. The average Bonchev–Trinajstić information content (AvgIpc) is 2.93. The SMILES string of the molecule is Nc1noc2ccc(C3CC3)cc12. The van der Waals surface area contributed by atoms with E-state index < -0.39 is 0 Å². The van der Waals surface area contributed by atoms with Crippen molar-refractivity contribution >= 4 is 16.8 Å². The Bertz CT molecular complexity index is 457. The molecule has 3 rings (SSSR count). The lowest BCUT2D eigenvalue weighted by molar-refractivity contribution is 0.460. The summed E-state index contributed by atoms with van der Waals surface area (Å²) in [4.78, 5) is 0. The van der Waals surface area contributed by atoms with Crippen LogP contribution in [0, 0.1) is 0 Å². The van der Waals surface area contributed by atoms with Crippen molar-refractivity contribution in [3.8, 4) is 0 Å². The average molecular weight is 174 g/mol. The standard InChI is InChI=1S/C10H10N2O/c11-10-8-5-7(6-1-2-6)3-4-9(8)13-12-10/h3-6H,1-2H2,(H2,11,12). The van der Waals surface area contributed by atoms with E-state index in [2.05, 4.69) is 17.3 Å². The van der Waals surface area contributed by atoms with Crippen LogP contribution >= 0.6 is 0 Å². The van der Waals surface area contributed by atoms with Crippen molar-refractivity contribution in [2.75, 3.05) is 5.73 Å². The first-order valence-electron chi connectivity index (χ1n) is 4.49. The molecule has 0 unspecified atom stereocenters. The van der Waals surface area contributed by atoms with Crippen molar-refractivity contribution in [3.05, 3.63) is 23.8 Å². The Morgan fingerprint density at radius 1 is 1.38 bits per heavy atom. The van der Waals surface area contributed by atoms with Crippen molar-refractivity contribution in [2.45, 2.75) is 18.8 Å². The molecule has 3 heteroatoms. The van der Waals surface area contributed by atoms with Crippen LogP contribution in [-0.2, 0) is 0 Å². The van der Waals surface area contributed by atoms with E-state index in [4.69, 9.17) is 10.3 Å². The van der Waals surface area contributed by atoms with Gasteiger partial charge in [-0.3, -0.25) is 0 Å². The molecule has 1 heterocycles. The number of fused-ring (bicyclic) bond motifs is 1. The Kier molecular flexibility index (Phi) is 1.20. The molecular weight excluding hydrogens is 164 g/mol. The number of benzene rings is 1. The number of hydrogen-bond acceptors (Lipinski definition) is 3. The Hall–Kier alpha value is -1.51. The number of anilines is 1. The molecule has 13 heavy (non-hydrogen) atoms. The van der Waals surface area contributed by atoms with Crippen LogP contribution in [0.5, 0.6) is 0 Å². The highest BCUT2D eigenvalue weighted by Crippen LogP contribution is 2.41. The molecule has 0 aliphatic heterocycles. The van der Waals surface area contributed by atoms with Gasteiger partial charge in [0, 0.05) is 0 Å².